The molecule has 0 amide bonds. The number of allylic oxidation sites excluding steroid dienone is 1. The second-order valence-electron chi connectivity index (χ2n) is 9.46. The molecule has 0 radical (unpaired) electrons. The van der Waals surface area contributed by atoms with Crippen LogP contribution in [0.3, 0.4) is 0 Å². The van der Waals surface area contributed by atoms with Gasteiger partial charge in [0.1, 0.15) is 0 Å². The quantitative estimate of drug-likeness (QED) is 0.414. The maximum Gasteiger partial charge on any atom is 0.270 e. The first-order valence-corrected chi connectivity index (χ1v) is 9.52. The van der Waals surface area contributed by atoms with Gasteiger partial charge in [0, 0.05) is 12.1 Å². The number of non-ortho nitro benzene ring substituents is 1. The summed E-state index contributed by atoms with van der Waals surface area (Å²) in [4.78, 5) is 11.2. The van der Waals surface area contributed by atoms with Gasteiger partial charge in [0.05, 0.1) is 4.92 Å². The maximum absolute atomic E-state index is 11.5. The highest BCUT2D eigenvalue weighted by molar-refractivity contribution is 5.82. The second kappa shape index (κ2) is 7.38. The minimum Gasteiger partial charge on any atom is -0.258 e. The van der Waals surface area contributed by atoms with Crippen LogP contribution in [0, 0.1) is 22.5 Å². The molecule has 2 aromatic carbocycles. The van der Waals surface area contributed by atoms with Crippen molar-refractivity contribution in [1.82, 2.24) is 0 Å². The summed E-state index contributed by atoms with van der Waals surface area (Å²) in [5.74, 6) is 0. The first-order chi connectivity index (χ1) is 12.7. The Morgan fingerprint density at radius 1 is 0.929 bits per heavy atom. The van der Waals surface area contributed by atoms with Crippen LogP contribution in [-0.4, -0.2) is 4.92 Å². The van der Waals surface area contributed by atoms with Gasteiger partial charge < -0.3 is 0 Å². The fourth-order valence-corrected chi connectivity index (χ4v) is 3.36. The van der Waals surface area contributed by atoms with Crippen molar-refractivity contribution in [3.05, 3.63) is 87.5 Å². The maximum atomic E-state index is 11.5. The molecule has 0 bridgehead atoms. The normalized spacial score (nSPS) is 12.0. The Kier molecular flexibility index (Phi) is 5.70. The number of hydrogen-bond acceptors (Lipinski definition) is 2. The van der Waals surface area contributed by atoms with E-state index in [0.29, 0.717) is 0 Å². The molecule has 0 aromatic heterocycles. The molecule has 0 aliphatic carbocycles. The fourth-order valence-electron chi connectivity index (χ4n) is 3.36. The van der Waals surface area contributed by atoms with E-state index < -0.39 is 0 Å². The lowest BCUT2D eigenvalue weighted by Gasteiger charge is -2.24. The number of nitro benzene ring substituents is 1. The van der Waals surface area contributed by atoms with E-state index in [2.05, 4.69) is 54.7 Å². The van der Waals surface area contributed by atoms with Crippen LogP contribution >= 0.6 is 0 Å². The lowest BCUT2D eigenvalue weighted by molar-refractivity contribution is -0.385. The average Bonchev–Trinajstić information content (AvgIpc) is 2.58. The summed E-state index contributed by atoms with van der Waals surface area (Å²) in [5, 5.41) is 11.5. The van der Waals surface area contributed by atoms with Crippen molar-refractivity contribution >= 4 is 16.8 Å². The highest BCUT2D eigenvalue weighted by atomic mass is 16.6. The summed E-state index contributed by atoms with van der Waals surface area (Å²) < 4.78 is 0. The highest BCUT2D eigenvalue weighted by Gasteiger charge is 2.24. The third-order valence-corrected chi connectivity index (χ3v) is 5.22. The van der Waals surface area contributed by atoms with Gasteiger partial charge in [0.2, 0.25) is 0 Å². The van der Waals surface area contributed by atoms with E-state index >= 15 is 0 Å². The Balaban J connectivity index is 2.53. The predicted octanol–water partition coefficient (Wildman–Crippen LogP) is 7.32. The van der Waals surface area contributed by atoms with Crippen molar-refractivity contribution in [2.75, 3.05) is 0 Å². The molecule has 0 unspecified atom stereocenters. The molecule has 3 nitrogen and oxygen atoms in total. The molecular formula is C25H31NO2. The van der Waals surface area contributed by atoms with E-state index in [1.165, 1.54) is 0 Å². The van der Waals surface area contributed by atoms with Gasteiger partial charge in [-0.2, -0.15) is 0 Å². The largest absolute Gasteiger partial charge is 0.270 e. The first kappa shape index (κ1) is 21.6. The standard InChI is InChI=1S/C25H31NO2/c1-16(19-10-12-20(13-11-19)18(3)24(4,5)6)22-14-21(26(27)28)15-23(17(22)2)25(7,8)9/h10-15H,1,3H2,2,4-9H3. The highest BCUT2D eigenvalue weighted by Crippen LogP contribution is 2.37. The number of benzene rings is 2. The van der Waals surface area contributed by atoms with E-state index in [4.69, 9.17) is 0 Å². The molecule has 0 aliphatic heterocycles. The summed E-state index contributed by atoms with van der Waals surface area (Å²) in [7, 11) is 0. The van der Waals surface area contributed by atoms with E-state index in [1.807, 2.05) is 31.2 Å². The lowest BCUT2D eigenvalue weighted by atomic mass is 9.80. The molecule has 148 valence electrons. The second-order valence-corrected chi connectivity index (χ2v) is 9.46. The van der Waals surface area contributed by atoms with Crippen LogP contribution in [0.5, 0.6) is 0 Å². The van der Waals surface area contributed by atoms with Gasteiger partial charge in [-0.3, -0.25) is 10.1 Å². The molecule has 0 aliphatic rings. The molecule has 3 heteroatoms. The first-order valence-electron chi connectivity index (χ1n) is 9.52. The average molecular weight is 378 g/mol. The van der Waals surface area contributed by atoms with E-state index in [0.717, 1.165) is 39.0 Å². The topological polar surface area (TPSA) is 43.1 Å². The summed E-state index contributed by atoms with van der Waals surface area (Å²) in [6, 6.07) is 11.4. The smallest absolute Gasteiger partial charge is 0.258 e. The van der Waals surface area contributed by atoms with Crippen molar-refractivity contribution in [3.63, 3.8) is 0 Å². The van der Waals surface area contributed by atoms with Crippen LogP contribution < -0.4 is 0 Å². The fraction of sp³-hybridized carbons (Fsp3) is 0.360. The number of rotatable bonds is 4. The Hall–Kier alpha value is -2.68. The molecule has 2 rings (SSSR count). The van der Waals surface area contributed by atoms with Gasteiger partial charge >= 0.3 is 0 Å². The molecule has 0 fully saturated rings. The van der Waals surface area contributed by atoms with Gasteiger partial charge in [-0.1, -0.05) is 79.0 Å². The van der Waals surface area contributed by atoms with Crippen LogP contribution in [0.1, 0.15) is 69.4 Å². The molecule has 0 saturated heterocycles. The number of nitro groups is 1. The number of nitrogens with zero attached hydrogens (tertiary/aromatic N) is 1. The van der Waals surface area contributed by atoms with E-state index in [9.17, 15) is 10.1 Å². The molecule has 2 aromatic rings. The molecule has 0 spiro atoms. The number of hydrogen-bond donors (Lipinski definition) is 0. The van der Waals surface area contributed by atoms with Gasteiger partial charge in [0.15, 0.2) is 0 Å². The summed E-state index contributed by atoms with van der Waals surface area (Å²) >= 11 is 0. The molecule has 0 saturated carbocycles. The van der Waals surface area contributed by atoms with Crippen molar-refractivity contribution in [2.45, 2.75) is 53.9 Å². The molecule has 0 N–H and O–H groups in total. The van der Waals surface area contributed by atoms with Crippen molar-refractivity contribution < 1.29 is 4.92 Å². The van der Waals surface area contributed by atoms with Gasteiger partial charge in [-0.05, 0) is 56.7 Å². The Morgan fingerprint density at radius 2 is 1.43 bits per heavy atom. The summed E-state index contributed by atoms with van der Waals surface area (Å²) in [5.41, 5.74) is 6.64. The molecular weight excluding hydrogens is 346 g/mol. The van der Waals surface area contributed by atoms with Crippen LogP contribution in [0.2, 0.25) is 0 Å². The van der Waals surface area contributed by atoms with Gasteiger partial charge in [-0.15, -0.1) is 0 Å². The summed E-state index contributed by atoms with van der Waals surface area (Å²) in [6.07, 6.45) is 0. The zero-order chi connectivity index (χ0) is 21.4. The summed E-state index contributed by atoms with van der Waals surface area (Å²) in [6.45, 7) is 23.1. The zero-order valence-corrected chi connectivity index (χ0v) is 18.1. The molecule has 0 atom stereocenters. The van der Waals surface area contributed by atoms with Crippen molar-refractivity contribution in [1.29, 1.82) is 0 Å². The third kappa shape index (κ3) is 4.41. The van der Waals surface area contributed by atoms with Crippen LogP contribution in [-0.2, 0) is 5.41 Å². The predicted molar refractivity (Wildman–Crippen MR) is 120 cm³/mol. The monoisotopic (exact) mass is 377 g/mol. The van der Waals surface area contributed by atoms with E-state index in [-0.39, 0.29) is 21.4 Å². The van der Waals surface area contributed by atoms with Gasteiger partial charge in [0.25, 0.3) is 5.69 Å². The van der Waals surface area contributed by atoms with E-state index in [1.54, 1.807) is 12.1 Å². The van der Waals surface area contributed by atoms with Crippen LogP contribution in [0.4, 0.5) is 5.69 Å². The third-order valence-electron chi connectivity index (χ3n) is 5.22. The molecule has 0 heterocycles. The Labute approximate surface area is 169 Å². The van der Waals surface area contributed by atoms with Crippen LogP contribution in [0.15, 0.2) is 49.6 Å². The van der Waals surface area contributed by atoms with Crippen molar-refractivity contribution in [2.24, 2.45) is 5.41 Å². The Bertz CT molecular complexity index is 936. The van der Waals surface area contributed by atoms with Crippen molar-refractivity contribution in [3.8, 4) is 0 Å². The minimum atomic E-state index is -0.331. The zero-order valence-electron chi connectivity index (χ0n) is 18.1. The minimum absolute atomic E-state index is 0.00321. The lowest BCUT2D eigenvalue weighted by Crippen LogP contribution is -2.15. The SMILES string of the molecule is C=C(c1ccc(C(=C)C(C)(C)C)cc1)c1cc([N+](=O)[O-])cc(C(C)(C)C)c1C. The molecule has 28 heavy (non-hydrogen) atoms. The van der Waals surface area contributed by atoms with Crippen LogP contribution in [0.25, 0.3) is 11.1 Å². The van der Waals surface area contributed by atoms with Gasteiger partial charge in [-0.25, -0.2) is 0 Å². The Morgan fingerprint density at radius 3 is 1.86 bits per heavy atom.